The van der Waals surface area contributed by atoms with Gasteiger partial charge in [-0.1, -0.05) is 13.8 Å². The van der Waals surface area contributed by atoms with E-state index in [1.165, 1.54) is 25.1 Å². The average Bonchev–Trinajstić information content (AvgIpc) is 2.60. The second-order valence-electron chi connectivity index (χ2n) is 8.20. The fraction of sp³-hybridized carbons (Fsp3) is 0.619. The third kappa shape index (κ3) is 5.52. The number of nitrogens with zero attached hydrogens (tertiary/aromatic N) is 2. The van der Waals surface area contributed by atoms with E-state index in [1.807, 2.05) is 6.92 Å². The number of nitrogens with one attached hydrogen (secondary N) is 1. The molecule has 156 valence electrons. The van der Waals surface area contributed by atoms with Crippen molar-refractivity contribution in [3.63, 3.8) is 0 Å². The molecular formula is C21H32FN3O3. The summed E-state index contributed by atoms with van der Waals surface area (Å²) < 4.78 is 14.4. The van der Waals surface area contributed by atoms with Crippen LogP contribution in [0.15, 0.2) is 18.2 Å². The van der Waals surface area contributed by atoms with E-state index in [4.69, 9.17) is 0 Å². The molecule has 1 fully saturated rings. The number of anilines is 1. The Morgan fingerprint density at radius 2 is 1.86 bits per heavy atom. The summed E-state index contributed by atoms with van der Waals surface area (Å²) in [6, 6.07) is 4.08. The van der Waals surface area contributed by atoms with E-state index in [0.29, 0.717) is 25.3 Å². The van der Waals surface area contributed by atoms with Crippen molar-refractivity contribution in [3.05, 3.63) is 29.6 Å². The molecule has 0 spiro atoms. The van der Waals surface area contributed by atoms with Crippen molar-refractivity contribution in [2.24, 2.45) is 0 Å². The first-order valence-corrected chi connectivity index (χ1v) is 9.90. The Morgan fingerprint density at radius 1 is 1.21 bits per heavy atom. The molecule has 0 unspecified atom stereocenters. The van der Waals surface area contributed by atoms with Crippen LogP contribution in [0.25, 0.3) is 0 Å². The second kappa shape index (κ2) is 9.01. The van der Waals surface area contributed by atoms with Crippen LogP contribution >= 0.6 is 0 Å². The van der Waals surface area contributed by atoms with Crippen molar-refractivity contribution in [1.82, 2.24) is 9.80 Å². The van der Waals surface area contributed by atoms with Gasteiger partial charge in [0, 0.05) is 44.3 Å². The first-order chi connectivity index (χ1) is 13.1. The van der Waals surface area contributed by atoms with Crippen LogP contribution in [0.4, 0.5) is 10.1 Å². The number of halogens is 1. The first-order valence-electron chi connectivity index (χ1n) is 9.90. The van der Waals surface area contributed by atoms with E-state index < -0.39 is 11.4 Å². The minimum atomic E-state index is -0.823. The molecule has 2 atom stereocenters. The molecule has 0 bridgehead atoms. The zero-order valence-corrected chi connectivity index (χ0v) is 17.5. The third-order valence-electron chi connectivity index (χ3n) is 5.12. The lowest BCUT2D eigenvalue weighted by atomic mass is 9.98. The molecule has 1 heterocycles. The lowest BCUT2D eigenvalue weighted by Gasteiger charge is -2.47. The zero-order valence-electron chi connectivity index (χ0n) is 17.5. The SMILES string of the molecule is CC[C@@H]1CN(C(=O)c2cc(NC(C)=O)ccc2F)[C@@H](CC)CN1CC(C)(C)O. The average molecular weight is 394 g/mol. The molecule has 2 amide bonds. The summed E-state index contributed by atoms with van der Waals surface area (Å²) in [5.74, 6) is -1.23. The Labute approximate surface area is 166 Å². The summed E-state index contributed by atoms with van der Waals surface area (Å²) in [7, 11) is 0. The molecule has 2 rings (SSSR count). The third-order valence-corrected chi connectivity index (χ3v) is 5.12. The lowest BCUT2D eigenvalue weighted by Crippen LogP contribution is -2.61. The minimum Gasteiger partial charge on any atom is -0.389 e. The number of β-amino-alcohol motifs (C(OH)–C–C–N with tert-alkyl or cyclic N) is 1. The van der Waals surface area contributed by atoms with Crippen molar-refractivity contribution in [3.8, 4) is 0 Å². The number of benzene rings is 1. The maximum Gasteiger partial charge on any atom is 0.257 e. The first kappa shape index (κ1) is 22.3. The summed E-state index contributed by atoms with van der Waals surface area (Å²) in [6.45, 7) is 10.6. The largest absolute Gasteiger partial charge is 0.389 e. The number of carbonyl (C=O) groups is 2. The number of rotatable bonds is 6. The molecule has 1 saturated heterocycles. The molecule has 0 saturated carbocycles. The van der Waals surface area contributed by atoms with E-state index in [2.05, 4.69) is 17.1 Å². The van der Waals surface area contributed by atoms with Crippen LogP contribution in [0.3, 0.4) is 0 Å². The van der Waals surface area contributed by atoms with Gasteiger partial charge in [-0.15, -0.1) is 0 Å². The quantitative estimate of drug-likeness (QED) is 0.780. The van der Waals surface area contributed by atoms with Gasteiger partial charge >= 0.3 is 0 Å². The lowest BCUT2D eigenvalue weighted by molar-refractivity contribution is -0.114. The van der Waals surface area contributed by atoms with E-state index in [1.54, 1.807) is 18.7 Å². The van der Waals surface area contributed by atoms with Gasteiger partial charge < -0.3 is 15.3 Å². The van der Waals surface area contributed by atoms with Gasteiger partial charge in [0.05, 0.1) is 11.2 Å². The van der Waals surface area contributed by atoms with Crippen molar-refractivity contribution in [2.45, 2.75) is 65.1 Å². The molecule has 2 N–H and O–H groups in total. The molecule has 28 heavy (non-hydrogen) atoms. The summed E-state index contributed by atoms with van der Waals surface area (Å²) in [4.78, 5) is 28.4. The van der Waals surface area contributed by atoms with Crippen LogP contribution in [-0.2, 0) is 4.79 Å². The Morgan fingerprint density at radius 3 is 2.39 bits per heavy atom. The number of aliphatic hydroxyl groups is 1. The maximum absolute atomic E-state index is 14.4. The van der Waals surface area contributed by atoms with Crippen molar-refractivity contribution >= 4 is 17.5 Å². The Balaban J connectivity index is 2.28. The number of piperazine rings is 1. The highest BCUT2D eigenvalue weighted by atomic mass is 19.1. The van der Waals surface area contributed by atoms with Crippen LogP contribution in [-0.4, -0.2) is 64.0 Å². The topological polar surface area (TPSA) is 72.9 Å². The van der Waals surface area contributed by atoms with Gasteiger partial charge in [-0.25, -0.2) is 4.39 Å². The number of hydrogen-bond acceptors (Lipinski definition) is 4. The molecule has 1 aromatic rings. The molecule has 6 nitrogen and oxygen atoms in total. The highest BCUT2D eigenvalue weighted by Crippen LogP contribution is 2.25. The second-order valence-corrected chi connectivity index (χ2v) is 8.20. The number of carbonyl (C=O) groups excluding carboxylic acids is 2. The van der Waals surface area contributed by atoms with E-state index in [9.17, 15) is 19.1 Å². The van der Waals surface area contributed by atoms with Crippen LogP contribution in [0, 0.1) is 5.82 Å². The predicted molar refractivity (Wildman–Crippen MR) is 108 cm³/mol. The molecule has 0 aromatic heterocycles. The van der Waals surface area contributed by atoms with Crippen LogP contribution in [0.2, 0.25) is 0 Å². The highest BCUT2D eigenvalue weighted by Gasteiger charge is 2.37. The summed E-state index contributed by atoms with van der Waals surface area (Å²) >= 11 is 0. The van der Waals surface area contributed by atoms with Crippen molar-refractivity contribution < 1.29 is 19.1 Å². The van der Waals surface area contributed by atoms with Gasteiger partial charge in [-0.2, -0.15) is 0 Å². The van der Waals surface area contributed by atoms with E-state index in [-0.39, 0.29) is 29.5 Å². The fourth-order valence-electron chi connectivity index (χ4n) is 3.81. The van der Waals surface area contributed by atoms with E-state index in [0.717, 1.165) is 12.8 Å². The minimum absolute atomic E-state index is 0.0320. The molecule has 7 heteroatoms. The Kier molecular flexibility index (Phi) is 7.17. The molecular weight excluding hydrogens is 361 g/mol. The standard InChI is InChI=1S/C21H32FN3O3/c1-6-16-12-25(17(7-2)11-24(16)13-21(4,5)28)20(27)18-10-15(23-14(3)26)8-9-19(18)22/h8-10,16-17,28H,6-7,11-13H2,1-5H3,(H,23,26)/t16-,17+/m1/s1. The molecule has 1 aliphatic rings. The van der Waals surface area contributed by atoms with Crippen molar-refractivity contribution in [1.29, 1.82) is 0 Å². The fourth-order valence-corrected chi connectivity index (χ4v) is 3.81. The van der Waals surface area contributed by atoms with Gasteiger partial charge in [0.1, 0.15) is 5.82 Å². The van der Waals surface area contributed by atoms with Crippen LogP contribution < -0.4 is 5.32 Å². The molecule has 0 radical (unpaired) electrons. The highest BCUT2D eigenvalue weighted by molar-refractivity contribution is 5.97. The van der Waals surface area contributed by atoms with Crippen LogP contribution in [0.1, 0.15) is 57.8 Å². The summed E-state index contributed by atoms with van der Waals surface area (Å²) in [5.41, 5.74) is -0.454. The monoisotopic (exact) mass is 393 g/mol. The smallest absolute Gasteiger partial charge is 0.257 e. The van der Waals surface area contributed by atoms with Gasteiger partial charge in [-0.05, 0) is 44.9 Å². The number of hydrogen-bond donors (Lipinski definition) is 2. The Hall–Kier alpha value is -1.99. The normalized spacial score (nSPS) is 20.9. The molecule has 0 aliphatic carbocycles. The van der Waals surface area contributed by atoms with Gasteiger partial charge in [0.2, 0.25) is 5.91 Å². The van der Waals surface area contributed by atoms with Gasteiger partial charge in [0.25, 0.3) is 5.91 Å². The number of amides is 2. The van der Waals surface area contributed by atoms with Gasteiger partial charge in [-0.3, -0.25) is 14.5 Å². The Bertz CT molecular complexity index is 717. The molecule has 1 aliphatic heterocycles. The van der Waals surface area contributed by atoms with Crippen LogP contribution in [0.5, 0.6) is 0 Å². The molecule has 1 aromatic carbocycles. The predicted octanol–water partition coefficient (Wildman–Crippen LogP) is 2.87. The maximum atomic E-state index is 14.4. The van der Waals surface area contributed by atoms with Crippen molar-refractivity contribution in [2.75, 3.05) is 25.0 Å². The summed E-state index contributed by atoms with van der Waals surface area (Å²) in [5, 5.41) is 12.8. The van der Waals surface area contributed by atoms with Gasteiger partial charge in [0.15, 0.2) is 0 Å². The van der Waals surface area contributed by atoms with E-state index >= 15 is 0 Å². The summed E-state index contributed by atoms with van der Waals surface area (Å²) in [6.07, 6.45) is 1.56. The zero-order chi connectivity index (χ0) is 21.1.